The largest absolute Gasteiger partial charge is 0.294 e. The summed E-state index contributed by atoms with van der Waals surface area (Å²) in [6.07, 6.45) is 1.25. The van der Waals surface area contributed by atoms with Crippen LogP contribution in [0.1, 0.15) is 19.2 Å². The molecule has 2 unspecified atom stereocenters. The summed E-state index contributed by atoms with van der Waals surface area (Å²) in [4.78, 5) is 4.48. The lowest BCUT2D eigenvalue weighted by atomic mass is 10.0. The summed E-state index contributed by atoms with van der Waals surface area (Å²) < 4.78 is 0. The molecule has 1 aliphatic heterocycles. The first-order chi connectivity index (χ1) is 7.13. The standard InChI is InChI=1S/C9H16BrN5/c1-7-3-8(10)5-15(4-7)6-9-11-13-14(2)12-9/h7-8H,3-6H2,1-2H3. The lowest BCUT2D eigenvalue weighted by Crippen LogP contribution is -2.39. The monoisotopic (exact) mass is 273 g/mol. The van der Waals surface area contributed by atoms with Crippen molar-refractivity contribution in [2.75, 3.05) is 13.1 Å². The molecule has 6 heteroatoms. The number of aromatic nitrogens is 4. The Kier molecular flexibility index (Phi) is 3.35. The van der Waals surface area contributed by atoms with Crippen molar-refractivity contribution in [3.8, 4) is 0 Å². The Morgan fingerprint density at radius 1 is 1.47 bits per heavy atom. The van der Waals surface area contributed by atoms with Crippen molar-refractivity contribution in [3.63, 3.8) is 0 Å². The van der Waals surface area contributed by atoms with E-state index in [2.05, 4.69) is 43.2 Å². The van der Waals surface area contributed by atoms with Crippen LogP contribution in [0.5, 0.6) is 0 Å². The van der Waals surface area contributed by atoms with E-state index in [1.54, 1.807) is 7.05 Å². The van der Waals surface area contributed by atoms with Crippen molar-refractivity contribution in [1.29, 1.82) is 0 Å². The van der Waals surface area contributed by atoms with E-state index in [0.717, 1.165) is 31.4 Å². The average molecular weight is 274 g/mol. The summed E-state index contributed by atoms with van der Waals surface area (Å²) >= 11 is 3.68. The van der Waals surface area contributed by atoms with Gasteiger partial charge in [-0.1, -0.05) is 22.9 Å². The lowest BCUT2D eigenvalue weighted by Gasteiger charge is -2.33. The molecule has 2 rings (SSSR count). The molecule has 1 aromatic rings. The number of hydrogen-bond acceptors (Lipinski definition) is 4. The first-order valence-corrected chi connectivity index (χ1v) is 6.14. The Morgan fingerprint density at radius 3 is 2.87 bits per heavy atom. The van der Waals surface area contributed by atoms with Crippen LogP contribution >= 0.6 is 15.9 Å². The number of nitrogens with zero attached hydrogens (tertiary/aromatic N) is 5. The maximum atomic E-state index is 4.19. The van der Waals surface area contributed by atoms with Gasteiger partial charge in [0.05, 0.1) is 13.6 Å². The number of likely N-dealkylation sites (tertiary alicyclic amines) is 1. The molecular formula is C9H16BrN5. The summed E-state index contributed by atoms with van der Waals surface area (Å²) in [6.45, 7) is 5.29. The van der Waals surface area contributed by atoms with Gasteiger partial charge in [0.15, 0.2) is 5.82 Å². The highest BCUT2D eigenvalue weighted by atomic mass is 79.9. The lowest BCUT2D eigenvalue weighted by molar-refractivity contribution is 0.179. The van der Waals surface area contributed by atoms with Gasteiger partial charge in [-0.15, -0.1) is 10.2 Å². The first kappa shape index (κ1) is 11.0. The van der Waals surface area contributed by atoms with Crippen LogP contribution in [0.4, 0.5) is 0 Å². The van der Waals surface area contributed by atoms with Crippen molar-refractivity contribution < 1.29 is 0 Å². The molecule has 1 saturated heterocycles. The van der Waals surface area contributed by atoms with Gasteiger partial charge in [0.25, 0.3) is 0 Å². The second kappa shape index (κ2) is 4.57. The second-order valence-electron chi connectivity index (χ2n) is 4.33. The Balaban J connectivity index is 1.94. The summed E-state index contributed by atoms with van der Waals surface area (Å²) in [6, 6.07) is 0. The molecule has 0 aromatic carbocycles. The van der Waals surface area contributed by atoms with E-state index in [0.29, 0.717) is 4.83 Å². The van der Waals surface area contributed by atoms with Crippen molar-refractivity contribution >= 4 is 15.9 Å². The van der Waals surface area contributed by atoms with E-state index in [1.165, 1.54) is 11.2 Å². The Hall–Kier alpha value is -0.490. The second-order valence-corrected chi connectivity index (χ2v) is 5.62. The smallest absolute Gasteiger partial charge is 0.188 e. The number of alkyl halides is 1. The van der Waals surface area contributed by atoms with Gasteiger partial charge < -0.3 is 0 Å². The molecule has 15 heavy (non-hydrogen) atoms. The minimum Gasteiger partial charge on any atom is -0.294 e. The van der Waals surface area contributed by atoms with Crippen LogP contribution in [0.3, 0.4) is 0 Å². The Bertz CT molecular complexity index is 316. The molecular weight excluding hydrogens is 258 g/mol. The fourth-order valence-corrected chi connectivity index (χ4v) is 3.14. The number of tetrazole rings is 1. The zero-order chi connectivity index (χ0) is 10.8. The Morgan fingerprint density at radius 2 is 2.27 bits per heavy atom. The van der Waals surface area contributed by atoms with Crippen LogP contribution in [0.15, 0.2) is 0 Å². The number of halogens is 1. The molecule has 1 aliphatic rings. The van der Waals surface area contributed by atoms with Crippen LogP contribution in [0.25, 0.3) is 0 Å². The quantitative estimate of drug-likeness (QED) is 0.749. The first-order valence-electron chi connectivity index (χ1n) is 5.23. The third-order valence-electron chi connectivity index (χ3n) is 2.60. The summed E-state index contributed by atoms with van der Waals surface area (Å²) in [7, 11) is 1.79. The summed E-state index contributed by atoms with van der Waals surface area (Å²) in [5, 5.41) is 12.0. The SMILES string of the molecule is CC1CC(Br)CN(Cc2nnn(C)n2)C1. The molecule has 1 aromatic heterocycles. The van der Waals surface area contributed by atoms with Crippen LogP contribution in [-0.2, 0) is 13.6 Å². The van der Waals surface area contributed by atoms with Crippen LogP contribution < -0.4 is 0 Å². The zero-order valence-corrected chi connectivity index (χ0v) is 10.7. The van der Waals surface area contributed by atoms with Gasteiger partial charge >= 0.3 is 0 Å². The number of aryl methyl sites for hydroxylation is 1. The van der Waals surface area contributed by atoms with E-state index in [1.807, 2.05) is 0 Å². The number of hydrogen-bond donors (Lipinski definition) is 0. The van der Waals surface area contributed by atoms with Gasteiger partial charge in [0.2, 0.25) is 0 Å². The van der Waals surface area contributed by atoms with E-state index in [9.17, 15) is 0 Å². The van der Waals surface area contributed by atoms with Gasteiger partial charge in [0.1, 0.15) is 0 Å². The topological polar surface area (TPSA) is 46.8 Å². The fraction of sp³-hybridized carbons (Fsp3) is 0.889. The molecule has 0 amide bonds. The normalized spacial score (nSPS) is 28.2. The molecule has 0 aliphatic carbocycles. The fourth-order valence-electron chi connectivity index (χ4n) is 2.10. The van der Waals surface area contributed by atoms with Crippen molar-refractivity contribution in [3.05, 3.63) is 5.82 Å². The minimum atomic E-state index is 0.595. The third kappa shape index (κ3) is 2.98. The molecule has 2 heterocycles. The number of piperidine rings is 1. The number of rotatable bonds is 2. The van der Waals surface area contributed by atoms with E-state index in [-0.39, 0.29) is 0 Å². The van der Waals surface area contributed by atoms with Crippen LogP contribution in [0, 0.1) is 5.92 Å². The third-order valence-corrected chi connectivity index (χ3v) is 3.26. The van der Waals surface area contributed by atoms with Gasteiger partial charge in [-0.05, 0) is 17.6 Å². The molecule has 0 spiro atoms. The molecule has 0 radical (unpaired) electrons. The van der Waals surface area contributed by atoms with Gasteiger partial charge in [-0.25, -0.2) is 0 Å². The molecule has 0 saturated carbocycles. The predicted octanol–water partition coefficient (Wildman–Crippen LogP) is 0.815. The average Bonchev–Trinajstić information content (AvgIpc) is 2.49. The summed E-state index contributed by atoms with van der Waals surface area (Å²) in [5.41, 5.74) is 0. The summed E-state index contributed by atoms with van der Waals surface area (Å²) in [5.74, 6) is 1.55. The Labute approximate surface area is 98.0 Å². The zero-order valence-electron chi connectivity index (χ0n) is 9.10. The highest BCUT2D eigenvalue weighted by molar-refractivity contribution is 9.09. The predicted molar refractivity (Wildman–Crippen MR) is 60.6 cm³/mol. The van der Waals surface area contributed by atoms with Crippen LogP contribution in [-0.4, -0.2) is 43.0 Å². The molecule has 2 atom stereocenters. The van der Waals surface area contributed by atoms with Gasteiger partial charge in [-0.2, -0.15) is 4.80 Å². The molecule has 0 N–H and O–H groups in total. The van der Waals surface area contributed by atoms with E-state index in [4.69, 9.17) is 0 Å². The highest BCUT2D eigenvalue weighted by Gasteiger charge is 2.23. The molecule has 1 fully saturated rings. The van der Waals surface area contributed by atoms with Crippen LogP contribution in [0.2, 0.25) is 0 Å². The van der Waals surface area contributed by atoms with E-state index >= 15 is 0 Å². The minimum absolute atomic E-state index is 0.595. The van der Waals surface area contributed by atoms with Crippen molar-refractivity contribution in [2.45, 2.75) is 24.7 Å². The highest BCUT2D eigenvalue weighted by Crippen LogP contribution is 2.22. The molecule has 84 valence electrons. The van der Waals surface area contributed by atoms with Crippen molar-refractivity contribution in [1.82, 2.24) is 25.1 Å². The maximum Gasteiger partial charge on any atom is 0.188 e. The van der Waals surface area contributed by atoms with Crippen molar-refractivity contribution in [2.24, 2.45) is 13.0 Å². The van der Waals surface area contributed by atoms with E-state index < -0.39 is 0 Å². The van der Waals surface area contributed by atoms with Gasteiger partial charge in [-0.3, -0.25) is 4.90 Å². The maximum absolute atomic E-state index is 4.19. The molecule has 5 nitrogen and oxygen atoms in total. The van der Waals surface area contributed by atoms with Gasteiger partial charge in [0, 0.05) is 17.9 Å². The molecule has 0 bridgehead atoms.